The lowest BCUT2D eigenvalue weighted by Gasteiger charge is -2.28. The predicted molar refractivity (Wildman–Crippen MR) is 86.2 cm³/mol. The molecule has 5 heteroatoms. The third-order valence-corrected chi connectivity index (χ3v) is 4.64. The van der Waals surface area contributed by atoms with Crippen molar-refractivity contribution in [3.63, 3.8) is 0 Å². The Morgan fingerprint density at radius 2 is 2.15 bits per heavy atom. The summed E-state index contributed by atoms with van der Waals surface area (Å²) in [6.45, 7) is 8.09. The van der Waals surface area contributed by atoms with Gasteiger partial charge in [-0.1, -0.05) is 6.92 Å². The van der Waals surface area contributed by atoms with Crippen LogP contribution in [0.15, 0.2) is 11.2 Å². The monoisotopic (exact) mass is 294 g/mol. The number of nitrogens with zero attached hydrogens (tertiary/aromatic N) is 2. The minimum atomic E-state index is 0.571. The Morgan fingerprint density at radius 3 is 2.75 bits per heavy atom. The Morgan fingerprint density at radius 1 is 1.40 bits per heavy atom. The van der Waals surface area contributed by atoms with E-state index in [0.29, 0.717) is 12.6 Å². The van der Waals surface area contributed by atoms with Gasteiger partial charge in [-0.25, -0.2) is 9.98 Å². The highest BCUT2D eigenvalue weighted by Crippen LogP contribution is 2.23. The molecule has 0 unspecified atom stereocenters. The zero-order chi connectivity index (χ0) is 14.4. The van der Waals surface area contributed by atoms with E-state index in [1.165, 1.54) is 30.6 Å². The van der Waals surface area contributed by atoms with Crippen molar-refractivity contribution in [2.24, 2.45) is 10.9 Å². The molecule has 4 nitrogen and oxygen atoms in total. The fourth-order valence-corrected chi connectivity index (χ4v) is 3.25. The third-order valence-electron chi connectivity index (χ3n) is 3.74. The lowest BCUT2D eigenvalue weighted by atomic mass is 9.87. The highest BCUT2D eigenvalue weighted by atomic mass is 32.1. The second kappa shape index (κ2) is 7.62. The van der Waals surface area contributed by atoms with Crippen LogP contribution in [0.3, 0.4) is 0 Å². The first-order valence-electron chi connectivity index (χ1n) is 7.63. The Balaban J connectivity index is 1.88. The van der Waals surface area contributed by atoms with Gasteiger partial charge in [-0.05, 0) is 45.4 Å². The second-order valence-electron chi connectivity index (χ2n) is 5.66. The number of aliphatic imine (C=N–C) groups is 1. The van der Waals surface area contributed by atoms with Crippen LogP contribution in [0.25, 0.3) is 0 Å². The summed E-state index contributed by atoms with van der Waals surface area (Å²) in [4.78, 5) is 10.3. The molecule has 0 aliphatic heterocycles. The predicted octanol–water partition coefficient (Wildman–Crippen LogP) is 3.09. The zero-order valence-electron chi connectivity index (χ0n) is 12.8. The fourth-order valence-electron chi connectivity index (χ4n) is 2.54. The van der Waals surface area contributed by atoms with Crippen LogP contribution >= 0.6 is 11.3 Å². The van der Waals surface area contributed by atoms with Gasteiger partial charge in [0, 0.05) is 23.7 Å². The summed E-state index contributed by atoms with van der Waals surface area (Å²) in [6.07, 6.45) is 7.06. The summed E-state index contributed by atoms with van der Waals surface area (Å²) in [5.74, 6) is 1.81. The highest BCUT2D eigenvalue weighted by molar-refractivity contribution is 7.11. The smallest absolute Gasteiger partial charge is 0.191 e. The minimum Gasteiger partial charge on any atom is -0.357 e. The van der Waals surface area contributed by atoms with E-state index in [4.69, 9.17) is 0 Å². The maximum atomic E-state index is 4.65. The quantitative estimate of drug-likeness (QED) is 0.663. The molecule has 2 N–H and O–H groups in total. The van der Waals surface area contributed by atoms with E-state index in [0.717, 1.165) is 23.4 Å². The Bertz CT molecular complexity index is 433. The maximum absolute atomic E-state index is 4.65. The number of rotatable bonds is 4. The van der Waals surface area contributed by atoms with Crippen LogP contribution in [0.4, 0.5) is 0 Å². The number of guanidine groups is 1. The molecule has 1 aliphatic rings. The van der Waals surface area contributed by atoms with Crippen LogP contribution in [0, 0.1) is 12.8 Å². The summed E-state index contributed by atoms with van der Waals surface area (Å²) in [6, 6.07) is 0.571. The molecular weight excluding hydrogens is 268 g/mol. The van der Waals surface area contributed by atoms with Crippen LogP contribution in [0.5, 0.6) is 0 Å². The van der Waals surface area contributed by atoms with Gasteiger partial charge in [0.15, 0.2) is 5.96 Å². The van der Waals surface area contributed by atoms with Gasteiger partial charge >= 0.3 is 0 Å². The van der Waals surface area contributed by atoms with Gasteiger partial charge in [0.25, 0.3) is 0 Å². The van der Waals surface area contributed by atoms with E-state index in [-0.39, 0.29) is 0 Å². The number of hydrogen-bond donors (Lipinski definition) is 2. The van der Waals surface area contributed by atoms with Gasteiger partial charge in [-0.3, -0.25) is 0 Å². The number of aromatic nitrogens is 1. The third kappa shape index (κ3) is 4.78. The van der Waals surface area contributed by atoms with Gasteiger partial charge in [0.1, 0.15) is 5.01 Å². The van der Waals surface area contributed by atoms with E-state index in [1.807, 2.05) is 6.20 Å². The van der Waals surface area contributed by atoms with Gasteiger partial charge < -0.3 is 10.6 Å². The summed E-state index contributed by atoms with van der Waals surface area (Å²) >= 11 is 1.72. The molecule has 112 valence electrons. The standard InChI is InChI=1S/C15H26N4S/c1-4-16-15(18-10-14-17-9-12(3)20-14)19-13-7-5-11(2)6-8-13/h9,11,13H,4-8,10H2,1-3H3,(H2,16,18,19). The summed E-state index contributed by atoms with van der Waals surface area (Å²) in [5, 5.41) is 7.98. The van der Waals surface area contributed by atoms with Crippen molar-refractivity contribution in [2.45, 2.75) is 59.0 Å². The summed E-state index contributed by atoms with van der Waals surface area (Å²) < 4.78 is 0. The molecule has 1 aromatic heterocycles. The van der Waals surface area contributed by atoms with Crippen molar-refractivity contribution < 1.29 is 0 Å². The van der Waals surface area contributed by atoms with E-state index in [1.54, 1.807) is 11.3 Å². The number of hydrogen-bond acceptors (Lipinski definition) is 3. The average molecular weight is 294 g/mol. The van der Waals surface area contributed by atoms with E-state index >= 15 is 0 Å². The van der Waals surface area contributed by atoms with Crippen molar-refractivity contribution >= 4 is 17.3 Å². The largest absolute Gasteiger partial charge is 0.357 e. The molecule has 1 saturated carbocycles. The van der Waals surface area contributed by atoms with Gasteiger partial charge in [0.2, 0.25) is 0 Å². The second-order valence-corrected chi connectivity index (χ2v) is 6.98. The topological polar surface area (TPSA) is 49.3 Å². The molecule has 2 rings (SSSR count). The molecule has 20 heavy (non-hydrogen) atoms. The van der Waals surface area contributed by atoms with Crippen LogP contribution in [-0.4, -0.2) is 23.5 Å². The molecule has 0 spiro atoms. The van der Waals surface area contributed by atoms with Crippen LogP contribution in [-0.2, 0) is 6.54 Å². The molecule has 0 saturated heterocycles. The first-order chi connectivity index (χ1) is 9.67. The van der Waals surface area contributed by atoms with Crippen molar-refractivity contribution in [2.75, 3.05) is 6.54 Å². The molecule has 0 radical (unpaired) electrons. The number of thiazole rings is 1. The van der Waals surface area contributed by atoms with Crippen molar-refractivity contribution in [3.8, 4) is 0 Å². The van der Waals surface area contributed by atoms with Gasteiger partial charge in [0.05, 0.1) is 6.54 Å². The van der Waals surface area contributed by atoms with Crippen molar-refractivity contribution in [1.29, 1.82) is 0 Å². The Kier molecular flexibility index (Phi) is 5.83. The average Bonchev–Trinajstić information content (AvgIpc) is 2.85. The van der Waals surface area contributed by atoms with Gasteiger partial charge in [-0.15, -0.1) is 11.3 Å². The number of aryl methyl sites for hydroxylation is 1. The lowest BCUT2D eigenvalue weighted by molar-refractivity contribution is 0.329. The van der Waals surface area contributed by atoms with E-state index < -0.39 is 0 Å². The maximum Gasteiger partial charge on any atom is 0.191 e. The fraction of sp³-hybridized carbons (Fsp3) is 0.733. The van der Waals surface area contributed by atoms with Crippen LogP contribution in [0.1, 0.15) is 49.4 Å². The lowest BCUT2D eigenvalue weighted by Crippen LogP contribution is -2.44. The molecule has 0 aromatic carbocycles. The van der Waals surface area contributed by atoms with Gasteiger partial charge in [-0.2, -0.15) is 0 Å². The van der Waals surface area contributed by atoms with Crippen molar-refractivity contribution in [3.05, 3.63) is 16.1 Å². The summed E-state index contributed by atoms with van der Waals surface area (Å²) in [5.41, 5.74) is 0. The molecule has 1 fully saturated rings. The first kappa shape index (κ1) is 15.3. The number of nitrogens with one attached hydrogen (secondary N) is 2. The van der Waals surface area contributed by atoms with Crippen molar-refractivity contribution in [1.82, 2.24) is 15.6 Å². The highest BCUT2D eigenvalue weighted by Gasteiger charge is 2.18. The van der Waals surface area contributed by atoms with Crippen LogP contribution < -0.4 is 10.6 Å². The van der Waals surface area contributed by atoms with Crippen LogP contribution in [0.2, 0.25) is 0 Å². The minimum absolute atomic E-state index is 0.571. The molecule has 0 atom stereocenters. The first-order valence-corrected chi connectivity index (χ1v) is 8.45. The van der Waals surface area contributed by atoms with E-state index in [2.05, 4.69) is 41.4 Å². The Labute approximate surface area is 126 Å². The zero-order valence-corrected chi connectivity index (χ0v) is 13.6. The molecule has 1 aliphatic carbocycles. The SMILES string of the molecule is CCNC(=NCc1ncc(C)s1)NC1CCC(C)CC1. The molecule has 1 heterocycles. The summed E-state index contributed by atoms with van der Waals surface area (Å²) in [7, 11) is 0. The molecular formula is C15H26N4S. The normalized spacial score (nSPS) is 23.6. The van der Waals surface area contributed by atoms with E-state index in [9.17, 15) is 0 Å². The molecule has 0 bridgehead atoms. The Hall–Kier alpha value is -1.10. The molecule has 1 aromatic rings. The molecule has 0 amide bonds.